The zero-order valence-electron chi connectivity index (χ0n) is 5.53. The molecule has 0 aliphatic heterocycles. The first kappa shape index (κ1) is 7.63. The molecule has 0 unspecified atom stereocenters. The Hall–Kier alpha value is -0.370. The lowest BCUT2D eigenvalue weighted by molar-refractivity contribution is 0.455. The zero-order valence-corrected chi connectivity index (χ0v) is 5.53. The van der Waals surface area contributed by atoms with Crippen LogP contribution in [0.15, 0.2) is 11.9 Å². The highest BCUT2D eigenvalue weighted by atomic mass is 19.1. The van der Waals surface area contributed by atoms with Gasteiger partial charge in [0, 0.05) is 0 Å². The van der Waals surface area contributed by atoms with Gasteiger partial charge in [-0.2, -0.15) is 0 Å². The quantitative estimate of drug-likeness (QED) is 0.554. The van der Waals surface area contributed by atoms with Gasteiger partial charge < -0.3 is 5.73 Å². The zero-order chi connectivity index (χ0) is 6.78. The first-order valence-electron chi connectivity index (χ1n) is 2.59. The molecule has 0 saturated heterocycles. The Kier molecular flexibility index (Phi) is 2.16. The summed E-state index contributed by atoms with van der Waals surface area (Å²) in [5.41, 5.74) is 4.55. The molecule has 0 aromatic carbocycles. The van der Waals surface area contributed by atoms with Crippen LogP contribution in [0.3, 0.4) is 0 Å². The van der Waals surface area contributed by atoms with E-state index in [1.54, 1.807) is 20.8 Å². The van der Waals surface area contributed by atoms with Crippen molar-refractivity contribution >= 4 is 0 Å². The predicted molar refractivity (Wildman–Crippen MR) is 33.1 cm³/mol. The van der Waals surface area contributed by atoms with Crippen molar-refractivity contribution in [3.05, 3.63) is 11.9 Å². The van der Waals surface area contributed by atoms with Gasteiger partial charge >= 0.3 is 0 Å². The molecule has 0 aromatic heterocycles. The van der Waals surface area contributed by atoms with Crippen molar-refractivity contribution in [3.63, 3.8) is 0 Å². The lowest BCUT2D eigenvalue weighted by Gasteiger charge is -2.14. The summed E-state index contributed by atoms with van der Waals surface area (Å²) in [6, 6.07) is 0. The lowest BCUT2D eigenvalue weighted by Crippen LogP contribution is -2.32. The molecule has 0 atom stereocenters. The van der Waals surface area contributed by atoms with Crippen molar-refractivity contribution in [2.75, 3.05) is 0 Å². The number of rotatable bonds is 1. The Morgan fingerprint density at radius 2 is 2.00 bits per heavy atom. The first-order valence-corrected chi connectivity index (χ1v) is 2.59. The summed E-state index contributed by atoms with van der Waals surface area (Å²) >= 11 is 0. The lowest BCUT2D eigenvalue weighted by atomic mass is 10.1. The van der Waals surface area contributed by atoms with E-state index in [0.717, 1.165) is 0 Å². The molecule has 2 heteroatoms. The van der Waals surface area contributed by atoms with E-state index in [9.17, 15) is 4.39 Å². The van der Waals surface area contributed by atoms with Crippen molar-refractivity contribution in [2.45, 2.75) is 26.3 Å². The number of hydrogen-bond donors (Lipinski definition) is 1. The summed E-state index contributed by atoms with van der Waals surface area (Å²) in [4.78, 5) is 0. The fourth-order valence-corrected chi connectivity index (χ4v) is 0.372. The van der Waals surface area contributed by atoms with Gasteiger partial charge in [0.15, 0.2) is 0 Å². The smallest absolute Gasteiger partial charge is 0.115 e. The molecule has 0 aliphatic carbocycles. The predicted octanol–water partition coefficient (Wildman–Crippen LogP) is 1.60. The van der Waals surface area contributed by atoms with Crippen molar-refractivity contribution in [3.8, 4) is 0 Å². The van der Waals surface area contributed by atoms with Crippen LogP contribution in [0.5, 0.6) is 0 Å². The van der Waals surface area contributed by atoms with E-state index in [0.29, 0.717) is 0 Å². The van der Waals surface area contributed by atoms with E-state index in [4.69, 9.17) is 5.73 Å². The number of nitrogens with two attached hydrogens (primary N) is 1. The number of halogens is 1. The van der Waals surface area contributed by atoms with Gasteiger partial charge in [-0.1, -0.05) is 6.08 Å². The molecule has 0 saturated carbocycles. The summed E-state index contributed by atoms with van der Waals surface area (Å²) in [5, 5.41) is 0. The molecule has 0 fully saturated rings. The van der Waals surface area contributed by atoms with E-state index in [2.05, 4.69) is 0 Å². The van der Waals surface area contributed by atoms with Crippen LogP contribution >= 0.6 is 0 Å². The highest BCUT2D eigenvalue weighted by Crippen LogP contribution is 2.11. The molecule has 48 valence electrons. The fourth-order valence-electron chi connectivity index (χ4n) is 0.372. The highest BCUT2D eigenvalue weighted by Gasteiger charge is 2.15. The maximum atomic E-state index is 12.4. The first-order chi connectivity index (χ1) is 3.48. The second-order valence-electron chi connectivity index (χ2n) is 2.36. The second-order valence-corrected chi connectivity index (χ2v) is 2.36. The maximum absolute atomic E-state index is 12.4. The Labute approximate surface area is 49.4 Å². The van der Waals surface area contributed by atoms with Crippen LogP contribution in [0.1, 0.15) is 20.8 Å². The minimum atomic E-state index is -0.797. The number of hydrogen-bond acceptors (Lipinski definition) is 1. The molecule has 0 aromatic rings. The Bertz CT molecular complexity index is 99.6. The SMILES string of the molecule is C/C=C(/F)C(C)(C)N. The van der Waals surface area contributed by atoms with Gasteiger partial charge in [0.1, 0.15) is 5.83 Å². The molecule has 0 aliphatic rings. The van der Waals surface area contributed by atoms with E-state index < -0.39 is 5.54 Å². The highest BCUT2D eigenvalue weighted by molar-refractivity contribution is 5.05. The van der Waals surface area contributed by atoms with E-state index >= 15 is 0 Å². The Morgan fingerprint density at radius 1 is 1.62 bits per heavy atom. The van der Waals surface area contributed by atoms with Crippen LogP contribution in [-0.2, 0) is 0 Å². The molecule has 1 nitrogen and oxygen atoms in total. The van der Waals surface area contributed by atoms with Gasteiger partial charge in [-0.05, 0) is 20.8 Å². The van der Waals surface area contributed by atoms with Gasteiger partial charge in [0.25, 0.3) is 0 Å². The summed E-state index contributed by atoms with van der Waals surface area (Å²) < 4.78 is 12.4. The van der Waals surface area contributed by atoms with Crippen LogP contribution in [-0.4, -0.2) is 5.54 Å². The molecule has 0 rings (SSSR count). The van der Waals surface area contributed by atoms with Gasteiger partial charge in [-0.15, -0.1) is 0 Å². The normalized spacial score (nSPS) is 14.4. The van der Waals surface area contributed by atoms with Gasteiger partial charge in [0.05, 0.1) is 5.54 Å². The Morgan fingerprint density at radius 3 is 2.00 bits per heavy atom. The van der Waals surface area contributed by atoms with Crippen molar-refractivity contribution in [2.24, 2.45) is 5.73 Å². The van der Waals surface area contributed by atoms with Gasteiger partial charge in [-0.3, -0.25) is 0 Å². The van der Waals surface area contributed by atoms with Crippen molar-refractivity contribution in [1.82, 2.24) is 0 Å². The fraction of sp³-hybridized carbons (Fsp3) is 0.667. The van der Waals surface area contributed by atoms with Crippen molar-refractivity contribution in [1.29, 1.82) is 0 Å². The van der Waals surface area contributed by atoms with E-state index in [-0.39, 0.29) is 5.83 Å². The molecule has 8 heavy (non-hydrogen) atoms. The van der Waals surface area contributed by atoms with Crippen LogP contribution in [0.25, 0.3) is 0 Å². The third-order valence-electron chi connectivity index (χ3n) is 0.869. The Balaban J connectivity index is 4.03. The summed E-state index contributed by atoms with van der Waals surface area (Å²) in [6.45, 7) is 4.88. The summed E-state index contributed by atoms with van der Waals surface area (Å²) in [6.07, 6.45) is 1.38. The third-order valence-corrected chi connectivity index (χ3v) is 0.869. The minimum absolute atomic E-state index is 0.266. The summed E-state index contributed by atoms with van der Waals surface area (Å²) in [5.74, 6) is -0.266. The van der Waals surface area contributed by atoms with Crippen LogP contribution in [0.2, 0.25) is 0 Å². The molecule has 0 amide bonds. The van der Waals surface area contributed by atoms with E-state index in [1.807, 2.05) is 0 Å². The largest absolute Gasteiger partial charge is 0.320 e. The molecule has 0 radical (unpaired) electrons. The van der Waals surface area contributed by atoms with E-state index in [1.165, 1.54) is 6.08 Å². The van der Waals surface area contributed by atoms with Gasteiger partial charge in [0.2, 0.25) is 0 Å². The molecular weight excluding hydrogens is 105 g/mol. The molecule has 0 bridgehead atoms. The molecular formula is C6H12FN. The van der Waals surface area contributed by atoms with Crippen LogP contribution in [0.4, 0.5) is 4.39 Å². The van der Waals surface area contributed by atoms with Crippen LogP contribution < -0.4 is 5.73 Å². The standard InChI is InChI=1S/C6H12FN/c1-4-5(7)6(2,3)8/h4H,8H2,1-3H3/b5-4+. The average Bonchev–Trinajstić information content (AvgIpc) is 1.62. The van der Waals surface area contributed by atoms with Gasteiger partial charge in [-0.25, -0.2) is 4.39 Å². The van der Waals surface area contributed by atoms with Crippen LogP contribution in [0, 0.1) is 0 Å². The molecule has 0 spiro atoms. The molecule has 0 heterocycles. The molecule has 2 N–H and O–H groups in total. The topological polar surface area (TPSA) is 26.0 Å². The minimum Gasteiger partial charge on any atom is -0.320 e. The third kappa shape index (κ3) is 2.07. The maximum Gasteiger partial charge on any atom is 0.115 e. The monoisotopic (exact) mass is 117 g/mol. The van der Waals surface area contributed by atoms with Crippen molar-refractivity contribution < 1.29 is 4.39 Å². The summed E-state index contributed by atoms with van der Waals surface area (Å²) in [7, 11) is 0. The second kappa shape index (κ2) is 2.27. The average molecular weight is 117 g/mol. The number of allylic oxidation sites excluding steroid dienone is 1.